The van der Waals surface area contributed by atoms with Crippen molar-refractivity contribution in [2.45, 2.75) is 20.3 Å². The molecule has 0 saturated heterocycles. The smallest absolute Gasteiger partial charge is 0.271 e. The highest BCUT2D eigenvalue weighted by Gasteiger charge is 2.04. The molecule has 17 heavy (non-hydrogen) atoms. The number of nitrogens with zero attached hydrogens (tertiary/aromatic N) is 1. The van der Waals surface area contributed by atoms with Gasteiger partial charge in [0.05, 0.1) is 6.42 Å². The summed E-state index contributed by atoms with van der Waals surface area (Å²) in [6, 6.07) is 7.15. The summed E-state index contributed by atoms with van der Waals surface area (Å²) >= 11 is 0. The topological polar surface area (TPSA) is 84.6 Å². The van der Waals surface area contributed by atoms with Crippen molar-refractivity contribution in [2.24, 2.45) is 10.8 Å². The van der Waals surface area contributed by atoms with Crippen LogP contribution in [0.2, 0.25) is 0 Å². The molecule has 0 unspecified atom stereocenters. The number of aryl methyl sites for hydroxylation is 1. The minimum Gasteiger partial charge on any atom is -0.369 e. The fourth-order valence-electron chi connectivity index (χ4n) is 1.29. The SMILES string of the molecule is C/C(CC(N)=O)=N\NC(=O)c1cccc(C)c1. The number of nitrogens with one attached hydrogen (secondary N) is 1. The van der Waals surface area contributed by atoms with Gasteiger partial charge in [-0.25, -0.2) is 5.43 Å². The fourth-order valence-corrected chi connectivity index (χ4v) is 1.29. The highest BCUT2D eigenvalue weighted by atomic mass is 16.2. The van der Waals surface area contributed by atoms with Gasteiger partial charge in [-0.15, -0.1) is 0 Å². The summed E-state index contributed by atoms with van der Waals surface area (Å²) < 4.78 is 0. The van der Waals surface area contributed by atoms with Gasteiger partial charge >= 0.3 is 0 Å². The number of hydrogen-bond donors (Lipinski definition) is 2. The second-order valence-corrected chi connectivity index (χ2v) is 3.80. The third-order valence-electron chi connectivity index (χ3n) is 2.06. The summed E-state index contributed by atoms with van der Waals surface area (Å²) in [7, 11) is 0. The molecule has 0 heterocycles. The van der Waals surface area contributed by atoms with Crippen molar-refractivity contribution in [1.29, 1.82) is 0 Å². The molecule has 0 aliphatic rings. The van der Waals surface area contributed by atoms with Crippen molar-refractivity contribution < 1.29 is 9.59 Å². The molecular weight excluding hydrogens is 218 g/mol. The zero-order valence-electron chi connectivity index (χ0n) is 9.86. The van der Waals surface area contributed by atoms with Gasteiger partial charge < -0.3 is 5.73 Å². The maximum atomic E-state index is 11.7. The fraction of sp³-hybridized carbons (Fsp3) is 0.250. The number of carbonyl (C=O) groups excluding carboxylic acids is 2. The van der Waals surface area contributed by atoms with E-state index in [1.807, 2.05) is 13.0 Å². The molecule has 1 aromatic rings. The molecule has 5 heteroatoms. The second kappa shape index (κ2) is 5.79. The van der Waals surface area contributed by atoms with Crippen LogP contribution >= 0.6 is 0 Å². The molecule has 1 aromatic carbocycles. The molecule has 2 amide bonds. The first-order valence-electron chi connectivity index (χ1n) is 5.17. The van der Waals surface area contributed by atoms with Crippen molar-refractivity contribution in [2.75, 3.05) is 0 Å². The van der Waals surface area contributed by atoms with E-state index >= 15 is 0 Å². The normalized spacial score (nSPS) is 11.1. The number of hydrazone groups is 1. The zero-order valence-corrected chi connectivity index (χ0v) is 9.86. The van der Waals surface area contributed by atoms with E-state index in [2.05, 4.69) is 10.5 Å². The van der Waals surface area contributed by atoms with Crippen LogP contribution in [0, 0.1) is 6.92 Å². The van der Waals surface area contributed by atoms with E-state index in [0.717, 1.165) is 5.56 Å². The molecule has 0 aromatic heterocycles. The Hall–Kier alpha value is -2.17. The minimum atomic E-state index is -0.476. The van der Waals surface area contributed by atoms with Gasteiger partial charge in [-0.05, 0) is 26.0 Å². The Kier molecular flexibility index (Phi) is 4.39. The largest absolute Gasteiger partial charge is 0.369 e. The molecule has 0 fully saturated rings. The van der Waals surface area contributed by atoms with E-state index in [-0.39, 0.29) is 12.3 Å². The van der Waals surface area contributed by atoms with E-state index in [1.165, 1.54) is 0 Å². The van der Waals surface area contributed by atoms with Gasteiger partial charge in [0.25, 0.3) is 5.91 Å². The number of rotatable bonds is 4. The van der Waals surface area contributed by atoms with Crippen LogP contribution in [0.1, 0.15) is 29.3 Å². The Morgan fingerprint density at radius 2 is 2.12 bits per heavy atom. The molecule has 0 atom stereocenters. The maximum Gasteiger partial charge on any atom is 0.271 e. The number of hydrogen-bond acceptors (Lipinski definition) is 3. The van der Waals surface area contributed by atoms with Gasteiger partial charge in [-0.1, -0.05) is 17.7 Å². The summed E-state index contributed by atoms with van der Waals surface area (Å²) in [5, 5.41) is 3.79. The van der Waals surface area contributed by atoms with Gasteiger partial charge in [0.15, 0.2) is 0 Å². The maximum absolute atomic E-state index is 11.7. The lowest BCUT2D eigenvalue weighted by Gasteiger charge is -2.02. The first kappa shape index (κ1) is 12.9. The first-order chi connectivity index (χ1) is 7.99. The quantitative estimate of drug-likeness (QED) is 0.600. The number of carbonyl (C=O) groups is 2. The van der Waals surface area contributed by atoms with E-state index in [1.54, 1.807) is 25.1 Å². The summed E-state index contributed by atoms with van der Waals surface area (Å²) in [6.45, 7) is 3.53. The highest BCUT2D eigenvalue weighted by Crippen LogP contribution is 2.03. The van der Waals surface area contributed by atoms with Crippen molar-refractivity contribution in [3.8, 4) is 0 Å². The van der Waals surface area contributed by atoms with Crippen molar-refractivity contribution >= 4 is 17.5 Å². The van der Waals surface area contributed by atoms with Gasteiger partial charge in [0, 0.05) is 11.3 Å². The summed E-state index contributed by atoms with van der Waals surface area (Å²) in [4.78, 5) is 22.3. The summed E-state index contributed by atoms with van der Waals surface area (Å²) in [5.41, 5.74) is 9.37. The Labute approximate surface area is 99.7 Å². The molecule has 3 N–H and O–H groups in total. The second-order valence-electron chi connectivity index (χ2n) is 3.80. The van der Waals surface area contributed by atoms with E-state index in [4.69, 9.17) is 5.73 Å². The lowest BCUT2D eigenvalue weighted by Crippen LogP contribution is -2.21. The Morgan fingerprint density at radius 1 is 1.41 bits per heavy atom. The van der Waals surface area contributed by atoms with E-state index in [0.29, 0.717) is 11.3 Å². The Morgan fingerprint density at radius 3 is 2.71 bits per heavy atom. The van der Waals surface area contributed by atoms with Crippen LogP contribution < -0.4 is 11.2 Å². The zero-order chi connectivity index (χ0) is 12.8. The highest BCUT2D eigenvalue weighted by molar-refractivity contribution is 6.00. The Balaban J connectivity index is 2.64. The molecule has 5 nitrogen and oxygen atoms in total. The molecule has 1 rings (SSSR count). The van der Waals surface area contributed by atoms with Crippen LogP contribution in [-0.4, -0.2) is 17.5 Å². The van der Waals surface area contributed by atoms with Crippen LogP contribution in [0.3, 0.4) is 0 Å². The number of benzene rings is 1. The van der Waals surface area contributed by atoms with Gasteiger partial charge in [-0.3, -0.25) is 9.59 Å². The van der Waals surface area contributed by atoms with Gasteiger partial charge in [-0.2, -0.15) is 5.10 Å². The third kappa shape index (κ3) is 4.46. The predicted octanol–water partition coefficient (Wildman–Crippen LogP) is 0.976. The standard InChI is InChI=1S/C12H15N3O2/c1-8-4-3-5-10(6-8)12(17)15-14-9(2)7-11(13)16/h3-6H,7H2,1-2H3,(H2,13,16)(H,15,17)/b14-9+. The molecular formula is C12H15N3O2. The number of amides is 2. The molecule has 0 bridgehead atoms. The minimum absolute atomic E-state index is 0.0358. The monoisotopic (exact) mass is 233 g/mol. The number of primary amides is 1. The average molecular weight is 233 g/mol. The van der Waals surface area contributed by atoms with Crippen molar-refractivity contribution in [3.63, 3.8) is 0 Å². The molecule has 0 aliphatic heterocycles. The van der Waals surface area contributed by atoms with E-state index < -0.39 is 5.91 Å². The van der Waals surface area contributed by atoms with Gasteiger partial charge in [0.1, 0.15) is 0 Å². The first-order valence-corrected chi connectivity index (χ1v) is 5.17. The Bertz CT molecular complexity index is 467. The number of nitrogens with two attached hydrogens (primary N) is 1. The predicted molar refractivity (Wildman–Crippen MR) is 65.6 cm³/mol. The lowest BCUT2D eigenvalue weighted by atomic mass is 10.1. The van der Waals surface area contributed by atoms with Crippen LogP contribution in [0.5, 0.6) is 0 Å². The molecule has 0 spiro atoms. The summed E-state index contributed by atoms with van der Waals surface area (Å²) in [5.74, 6) is -0.784. The average Bonchev–Trinajstić information content (AvgIpc) is 2.25. The molecule has 0 radical (unpaired) electrons. The lowest BCUT2D eigenvalue weighted by molar-refractivity contribution is -0.116. The van der Waals surface area contributed by atoms with Crippen LogP contribution in [0.4, 0.5) is 0 Å². The molecule has 0 aliphatic carbocycles. The van der Waals surface area contributed by atoms with Crippen molar-refractivity contribution in [3.05, 3.63) is 35.4 Å². The van der Waals surface area contributed by atoms with Gasteiger partial charge in [0.2, 0.25) is 5.91 Å². The molecule has 0 saturated carbocycles. The molecule has 90 valence electrons. The van der Waals surface area contributed by atoms with Crippen LogP contribution in [-0.2, 0) is 4.79 Å². The van der Waals surface area contributed by atoms with Crippen LogP contribution in [0.25, 0.3) is 0 Å². The summed E-state index contributed by atoms with van der Waals surface area (Å²) in [6.07, 6.45) is 0.0358. The third-order valence-corrected chi connectivity index (χ3v) is 2.06. The van der Waals surface area contributed by atoms with Crippen molar-refractivity contribution in [1.82, 2.24) is 5.43 Å². The van der Waals surface area contributed by atoms with E-state index in [9.17, 15) is 9.59 Å². The van der Waals surface area contributed by atoms with Crippen LogP contribution in [0.15, 0.2) is 29.4 Å².